The first-order chi connectivity index (χ1) is 12.2. The normalized spacial score (nSPS) is 20.8. The van der Waals surface area contributed by atoms with E-state index in [9.17, 15) is 4.79 Å². The number of nitrogens with zero attached hydrogens (tertiary/aromatic N) is 1. The van der Waals surface area contributed by atoms with Crippen molar-refractivity contribution in [2.75, 3.05) is 6.73 Å². The zero-order chi connectivity index (χ0) is 17.0. The van der Waals surface area contributed by atoms with Gasteiger partial charge >= 0.3 is 0 Å². The molecule has 1 fully saturated rings. The molecule has 4 heteroatoms. The Kier molecular flexibility index (Phi) is 3.22. The lowest BCUT2D eigenvalue weighted by Gasteiger charge is -2.29. The third kappa shape index (κ3) is 2.53. The fourth-order valence-electron chi connectivity index (χ4n) is 3.56. The number of hydrogen-bond acceptors (Lipinski definition) is 4. The quantitative estimate of drug-likeness (QED) is 0.781. The Morgan fingerprint density at radius 2 is 2.08 bits per heavy atom. The van der Waals surface area contributed by atoms with Crippen LogP contribution >= 0.6 is 0 Å². The van der Waals surface area contributed by atoms with E-state index in [2.05, 4.69) is 4.90 Å². The van der Waals surface area contributed by atoms with Gasteiger partial charge in [-0.25, -0.2) is 0 Å². The highest BCUT2D eigenvalue weighted by Crippen LogP contribution is 2.43. The molecule has 2 aromatic carbocycles. The van der Waals surface area contributed by atoms with Crippen molar-refractivity contribution in [3.8, 4) is 11.5 Å². The predicted octanol–water partition coefficient (Wildman–Crippen LogP) is 3.93. The molecule has 0 unspecified atom stereocenters. The van der Waals surface area contributed by atoms with E-state index in [1.165, 1.54) is 12.8 Å². The summed E-state index contributed by atoms with van der Waals surface area (Å²) >= 11 is 0. The highest BCUT2D eigenvalue weighted by molar-refractivity contribution is 6.15. The van der Waals surface area contributed by atoms with Crippen LogP contribution in [0.1, 0.15) is 39.9 Å². The van der Waals surface area contributed by atoms with Crippen LogP contribution in [-0.4, -0.2) is 23.5 Å². The Morgan fingerprint density at radius 1 is 1.20 bits per heavy atom. The number of allylic oxidation sites excluding steroid dienone is 1. The molecule has 0 bridgehead atoms. The van der Waals surface area contributed by atoms with Crippen molar-refractivity contribution in [3.05, 3.63) is 64.4 Å². The SMILES string of the molecule is Cc1cccc(/C=C2\Oc3c(ccc4c3CN(C3CC3)CO4)C2=O)c1. The molecule has 5 rings (SSSR count). The number of ether oxygens (including phenoxy) is 2. The number of hydrogen-bond donors (Lipinski definition) is 0. The summed E-state index contributed by atoms with van der Waals surface area (Å²) < 4.78 is 11.9. The third-order valence-electron chi connectivity index (χ3n) is 5.05. The van der Waals surface area contributed by atoms with Gasteiger partial charge in [-0.2, -0.15) is 0 Å². The van der Waals surface area contributed by atoms with Gasteiger partial charge in [-0.15, -0.1) is 0 Å². The molecule has 0 N–H and O–H groups in total. The van der Waals surface area contributed by atoms with Crippen LogP contribution in [0.25, 0.3) is 6.08 Å². The van der Waals surface area contributed by atoms with Gasteiger partial charge < -0.3 is 9.47 Å². The van der Waals surface area contributed by atoms with Crippen LogP contribution in [0.2, 0.25) is 0 Å². The highest BCUT2D eigenvalue weighted by Gasteiger charge is 2.37. The zero-order valence-electron chi connectivity index (χ0n) is 14.1. The van der Waals surface area contributed by atoms with Crippen molar-refractivity contribution < 1.29 is 14.3 Å². The lowest BCUT2D eigenvalue weighted by Crippen LogP contribution is -2.33. The number of ketones is 1. The van der Waals surface area contributed by atoms with Crippen LogP contribution in [0.15, 0.2) is 42.2 Å². The standard InChI is InChI=1S/C21H19NO3/c1-13-3-2-4-14(9-13)10-19-20(23)16-7-8-18-17(21(16)25-19)11-22(12-24-18)15-5-6-15/h2-4,7-10,15H,5-6,11-12H2,1H3/b19-10-. The lowest BCUT2D eigenvalue weighted by molar-refractivity contribution is 0.0868. The van der Waals surface area contributed by atoms with Gasteiger partial charge in [0.1, 0.15) is 18.2 Å². The van der Waals surface area contributed by atoms with Crippen LogP contribution < -0.4 is 9.47 Å². The maximum absolute atomic E-state index is 12.8. The second-order valence-corrected chi connectivity index (χ2v) is 7.02. The smallest absolute Gasteiger partial charge is 0.231 e. The number of fused-ring (bicyclic) bond motifs is 3. The molecule has 2 heterocycles. The first kappa shape index (κ1) is 14.7. The fourth-order valence-corrected chi connectivity index (χ4v) is 3.56. The average Bonchev–Trinajstić information content (AvgIpc) is 3.41. The molecule has 0 spiro atoms. The van der Waals surface area contributed by atoms with E-state index in [0.29, 0.717) is 29.8 Å². The molecule has 0 atom stereocenters. The monoisotopic (exact) mass is 333 g/mol. The molecule has 0 aromatic heterocycles. The molecular formula is C21H19NO3. The van der Waals surface area contributed by atoms with E-state index in [1.54, 1.807) is 0 Å². The number of carbonyl (C=O) groups is 1. The van der Waals surface area contributed by atoms with E-state index >= 15 is 0 Å². The summed E-state index contributed by atoms with van der Waals surface area (Å²) in [4.78, 5) is 15.1. The number of aryl methyl sites for hydroxylation is 1. The third-order valence-corrected chi connectivity index (χ3v) is 5.05. The van der Waals surface area contributed by atoms with Gasteiger partial charge in [0, 0.05) is 12.6 Å². The van der Waals surface area contributed by atoms with Crippen LogP contribution in [0.4, 0.5) is 0 Å². The molecule has 0 amide bonds. The number of rotatable bonds is 2. The molecule has 1 saturated carbocycles. The summed E-state index contributed by atoms with van der Waals surface area (Å²) in [6, 6.07) is 12.4. The average molecular weight is 333 g/mol. The van der Waals surface area contributed by atoms with Crippen LogP contribution in [0.3, 0.4) is 0 Å². The Hall–Kier alpha value is -2.59. The number of Topliss-reactive ketones (excluding diaryl/α,β-unsaturated/α-hetero) is 1. The van der Waals surface area contributed by atoms with E-state index < -0.39 is 0 Å². The summed E-state index contributed by atoms with van der Waals surface area (Å²) in [6.45, 7) is 3.44. The van der Waals surface area contributed by atoms with Crippen molar-refractivity contribution >= 4 is 11.9 Å². The van der Waals surface area contributed by atoms with Crippen molar-refractivity contribution in [1.82, 2.24) is 4.90 Å². The zero-order valence-corrected chi connectivity index (χ0v) is 14.1. The molecule has 3 aliphatic rings. The molecule has 126 valence electrons. The Labute approximate surface area is 146 Å². The van der Waals surface area contributed by atoms with Gasteiger partial charge in [-0.1, -0.05) is 29.8 Å². The van der Waals surface area contributed by atoms with Crippen LogP contribution in [0, 0.1) is 6.92 Å². The molecule has 1 aliphatic carbocycles. The summed E-state index contributed by atoms with van der Waals surface area (Å²) in [5, 5.41) is 0. The topological polar surface area (TPSA) is 38.8 Å². The molecule has 25 heavy (non-hydrogen) atoms. The molecule has 2 aromatic rings. The van der Waals surface area contributed by atoms with Gasteiger partial charge in [0.2, 0.25) is 5.78 Å². The van der Waals surface area contributed by atoms with Crippen molar-refractivity contribution in [1.29, 1.82) is 0 Å². The number of carbonyl (C=O) groups excluding carboxylic acids is 1. The van der Waals surface area contributed by atoms with Gasteiger partial charge in [0.15, 0.2) is 5.76 Å². The summed E-state index contributed by atoms with van der Waals surface area (Å²) in [6.07, 6.45) is 4.28. The van der Waals surface area contributed by atoms with E-state index in [1.807, 2.05) is 49.4 Å². The van der Waals surface area contributed by atoms with E-state index in [-0.39, 0.29) is 5.78 Å². The van der Waals surface area contributed by atoms with Gasteiger partial charge in [0.05, 0.1) is 11.1 Å². The predicted molar refractivity (Wildman–Crippen MR) is 94.6 cm³/mol. The first-order valence-electron chi connectivity index (χ1n) is 8.73. The number of benzene rings is 2. The minimum absolute atomic E-state index is 0.0529. The van der Waals surface area contributed by atoms with Crippen LogP contribution in [0.5, 0.6) is 11.5 Å². The minimum Gasteiger partial charge on any atom is -0.478 e. The maximum atomic E-state index is 12.8. The van der Waals surface area contributed by atoms with Crippen molar-refractivity contribution in [3.63, 3.8) is 0 Å². The van der Waals surface area contributed by atoms with Crippen LogP contribution in [-0.2, 0) is 6.54 Å². The minimum atomic E-state index is -0.0529. The molecule has 0 saturated heterocycles. The molecular weight excluding hydrogens is 314 g/mol. The van der Waals surface area contributed by atoms with E-state index in [0.717, 1.165) is 29.0 Å². The fraction of sp³-hybridized carbons (Fsp3) is 0.286. The largest absolute Gasteiger partial charge is 0.478 e. The summed E-state index contributed by atoms with van der Waals surface area (Å²) in [5.74, 6) is 1.84. The van der Waals surface area contributed by atoms with Gasteiger partial charge in [0.25, 0.3) is 0 Å². The van der Waals surface area contributed by atoms with E-state index in [4.69, 9.17) is 9.47 Å². The van der Waals surface area contributed by atoms with Crippen molar-refractivity contribution in [2.45, 2.75) is 32.4 Å². The van der Waals surface area contributed by atoms with Crippen molar-refractivity contribution in [2.24, 2.45) is 0 Å². The molecule has 4 nitrogen and oxygen atoms in total. The maximum Gasteiger partial charge on any atom is 0.231 e. The summed E-state index contributed by atoms with van der Waals surface area (Å²) in [5.41, 5.74) is 3.76. The van der Waals surface area contributed by atoms with Gasteiger partial charge in [-0.05, 0) is 43.5 Å². The Balaban J connectivity index is 1.51. The second-order valence-electron chi connectivity index (χ2n) is 7.02. The second kappa shape index (κ2) is 5.46. The lowest BCUT2D eigenvalue weighted by atomic mass is 10.0. The highest BCUT2D eigenvalue weighted by atomic mass is 16.5. The first-order valence-corrected chi connectivity index (χ1v) is 8.73. The molecule has 0 radical (unpaired) electrons. The van der Waals surface area contributed by atoms with Gasteiger partial charge in [-0.3, -0.25) is 9.69 Å². The molecule has 2 aliphatic heterocycles. The summed E-state index contributed by atoms with van der Waals surface area (Å²) in [7, 11) is 0. The Morgan fingerprint density at radius 3 is 2.88 bits per heavy atom. The Bertz CT molecular complexity index is 911.